The summed E-state index contributed by atoms with van der Waals surface area (Å²) in [6, 6.07) is 2.77. The summed E-state index contributed by atoms with van der Waals surface area (Å²) in [5.74, 6) is 1.91. The third-order valence-electron chi connectivity index (χ3n) is 7.71. The van der Waals surface area contributed by atoms with Gasteiger partial charge in [-0.15, -0.1) is 0 Å². The number of carbonyl (C=O) groups excluding carboxylic acids is 3. The maximum Gasteiger partial charge on any atom is 0.328 e. The molecule has 1 saturated heterocycles. The Hall–Kier alpha value is -2.35. The van der Waals surface area contributed by atoms with Crippen molar-refractivity contribution >= 4 is 17.8 Å². The van der Waals surface area contributed by atoms with Gasteiger partial charge in [-0.3, -0.25) is 19.7 Å². The average molecular weight is 415 g/mol. The third kappa shape index (κ3) is 3.21. The lowest BCUT2D eigenvalue weighted by atomic mass is 9.52. The van der Waals surface area contributed by atoms with Crippen LogP contribution in [0.15, 0.2) is 22.8 Å². The van der Waals surface area contributed by atoms with Crippen molar-refractivity contribution in [2.24, 2.45) is 17.8 Å². The molecule has 6 rings (SSSR count). The predicted octanol–water partition coefficient (Wildman–Crippen LogP) is 3.06. The Balaban J connectivity index is 1.40. The van der Waals surface area contributed by atoms with Gasteiger partial charge in [-0.1, -0.05) is 0 Å². The van der Waals surface area contributed by atoms with Gasteiger partial charge in [-0.05, 0) is 81.3 Å². The summed E-state index contributed by atoms with van der Waals surface area (Å²) in [6.45, 7) is 0.247. The van der Waals surface area contributed by atoms with E-state index < -0.39 is 11.9 Å². The number of urea groups is 1. The Bertz CT molecular complexity index is 801. The van der Waals surface area contributed by atoms with Crippen LogP contribution in [-0.4, -0.2) is 44.4 Å². The van der Waals surface area contributed by atoms with Gasteiger partial charge in [0.15, 0.2) is 0 Å². The molecule has 1 aromatic heterocycles. The van der Waals surface area contributed by atoms with Gasteiger partial charge in [0, 0.05) is 6.42 Å². The quantitative estimate of drug-likeness (QED) is 0.405. The minimum absolute atomic E-state index is 0.112. The lowest BCUT2D eigenvalue weighted by molar-refractivity contribution is -0.141. The van der Waals surface area contributed by atoms with E-state index in [0.29, 0.717) is 36.4 Å². The minimum Gasteiger partial charge on any atom is -0.467 e. The van der Waals surface area contributed by atoms with E-state index in [4.69, 9.17) is 9.62 Å². The van der Waals surface area contributed by atoms with Crippen molar-refractivity contribution in [1.82, 2.24) is 15.3 Å². The number of furan rings is 1. The summed E-state index contributed by atoms with van der Waals surface area (Å²) < 4.78 is 5.45. The van der Waals surface area contributed by atoms with Crippen molar-refractivity contribution in [2.45, 2.75) is 75.9 Å². The molecule has 5 fully saturated rings. The molecule has 1 aromatic rings. The number of hydrogen-bond donors (Lipinski definition) is 2. The summed E-state index contributed by atoms with van der Waals surface area (Å²) in [5, 5.41) is 8.73. The molecule has 0 aromatic carbocycles. The second-order valence-corrected chi connectivity index (χ2v) is 9.75. The van der Waals surface area contributed by atoms with Crippen molar-refractivity contribution in [3.8, 4) is 0 Å². The molecule has 8 nitrogen and oxygen atoms in total. The van der Waals surface area contributed by atoms with Crippen LogP contribution in [0.2, 0.25) is 0 Å². The van der Waals surface area contributed by atoms with Gasteiger partial charge >= 0.3 is 6.03 Å². The largest absolute Gasteiger partial charge is 0.467 e. The predicted molar refractivity (Wildman–Crippen MR) is 105 cm³/mol. The molecule has 0 spiro atoms. The third-order valence-corrected chi connectivity index (χ3v) is 7.71. The first-order valence-electron chi connectivity index (χ1n) is 11.1. The molecule has 4 bridgehead atoms. The van der Waals surface area contributed by atoms with Gasteiger partial charge in [0.05, 0.1) is 18.3 Å². The van der Waals surface area contributed by atoms with E-state index in [2.05, 4.69) is 0 Å². The molecule has 162 valence electrons. The van der Waals surface area contributed by atoms with Crippen LogP contribution in [0.4, 0.5) is 4.79 Å². The highest BCUT2D eigenvalue weighted by Crippen LogP contribution is 2.58. The molecule has 1 aliphatic heterocycles. The molecule has 1 atom stereocenters. The molecular weight excluding hydrogens is 386 g/mol. The fourth-order valence-electron chi connectivity index (χ4n) is 6.95. The Morgan fingerprint density at radius 2 is 1.83 bits per heavy atom. The number of hydroxylamine groups is 1. The van der Waals surface area contributed by atoms with Gasteiger partial charge in [-0.2, -0.15) is 0 Å². The van der Waals surface area contributed by atoms with E-state index in [0.717, 1.165) is 19.3 Å². The fourth-order valence-corrected chi connectivity index (χ4v) is 6.95. The highest BCUT2D eigenvalue weighted by molar-refractivity contribution is 6.05. The van der Waals surface area contributed by atoms with Crippen molar-refractivity contribution in [1.29, 1.82) is 0 Å². The van der Waals surface area contributed by atoms with E-state index in [1.807, 2.05) is 0 Å². The summed E-state index contributed by atoms with van der Waals surface area (Å²) in [5.41, 5.74) is 1.29. The number of nitrogens with one attached hydrogen (secondary N) is 1. The fraction of sp³-hybridized carbons (Fsp3) is 0.682. The molecule has 0 radical (unpaired) electrons. The number of rotatable bonds is 7. The zero-order valence-corrected chi connectivity index (χ0v) is 17.1. The topological polar surface area (TPSA) is 103 Å². The number of amides is 4. The molecule has 2 N–H and O–H groups in total. The highest BCUT2D eigenvalue weighted by Gasteiger charge is 2.60. The Morgan fingerprint density at radius 3 is 2.40 bits per heavy atom. The van der Waals surface area contributed by atoms with Gasteiger partial charge in [0.25, 0.3) is 5.91 Å². The van der Waals surface area contributed by atoms with Crippen LogP contribution in [0, 0.1) is 17.8 Å². The van der Waals surface area contributed by atoms with Crippen molar-refractivity contribution in [2.75, 3.05) is 0 Å². The van der Waals surface area contributed by atoms with Crippen LogP contribution in [0.5, 0.6) is 0 Å². The molecular formula is C22H29N3O5. The van der Waals surface area contributed by atoms with Gasteiger partial charge in [0.2, 0.25) is 5.91 Å². The molecule has 5 aliphatic rings. The zero-order valence-electron chi connectivity index (χ0n) is 17.1. The second kappa shape index (κ2) is 7.41. The van der Waals surface area contributed by atoms with Gasteiger partial charge in [-0.25, -0.2) is 10.3 Å². The molecule has 2 heterocycles. The van der Waals surface area contributed by atoms with Crippen LogP contribution < -0.4 is 5.48 Å². The van der Waals surface area contributed by atoms with Crippen LogP contribution in [-0.2, 0) is 16.1 Å². The van der Waals surface area contributed by atoms with Crippen molar-refractivity contribution < 1.29 is 24.0 Å². The van der Waals surface area contributed by atoms with E-state index in [1.165, 1.54) is 19.3 Å². The molecule has 8 heteroatoms. The Morgan fingerprint density at radius 1 is 1.17 bits per heavy atom. The smallest absolute Gasteiger partial charge is 0.328 e. The van der Waals surface area contributed by atoms with E-state index in [-0.39, 0.29) is 30.4 Å². The first kappa shape index (κ1) is 19.6. The first-order chi connectivity index (χ1) is 14.5. The summed E-state index contributed by atoms with van der Waals surface area (Å²) in [7, 11) is 0. The monoisotopic (exact) mass is 415 g/mol. The minimum atomic E-state index is -0.595. The lowest BCUT2D eigenvalue weighted by Gasteiger charge is -2.58. The maximum absolute atomic E-state index is 13.6. The molecule has 4 aliphatic carbocycles. The standard InChI is InChI=1S/C22H29N3O5/c26-19(23-29)5-1-4-18-20(27)25(21(28)24(18)13-17-3-2-6-30-17)22-10-14-7-15(11-22)9-16(8-14)12-22/h2-3,6,14-16,18,29H,1,4-5,7-13H2,(H,23,26). The number of nitrogens with zero attached hydrogens (tertiary/aromatic N) is 2. The number of imide groups is 1. The summed E-state index contributed by atoms with van der Waals surface area (Å²) in [6.07, 6.45) is 9.01. The van der Waals surface area contributed by atoms with E-state index >= 15 is 0 Å². The van der Waals surface area contributed by atoms with Crippen LogP contribution in [0.25, 0.3) is 0 Å². The van der Waals surface area contributed by atoms with Crippen molar-refractivity contribution in [3.63, 3.8) is 0 Å². The van der Waals surface area contributed by atoms with Crippen LogP contribution >= 0.6 is 0 Å². The zero-order chi connectivity index (χ0) is 20.9. The van der Waals surface area contributed by atoms with E-state index in [9.17, 15) is 14.4 Å². The normalized spacial score (nSPS) is 34.8. The molecule has 4 saturated carbocycles. The molecule has 1 unspecified atom stereocenters. The summed E-state index contributed by atoms with van der Waals surface area (Å²) >= 11 is 0. The Kier molecular flexibility index (Phi) is 4.84. The van der Waals surface area contributed by atoms with E-state index in [1.54, 1.807) is 33.7 Å². The highest BCUT2D eigenvalue weighted by atomic mass is 16.5. The maximum atomic E-state index is 13.6. The lowest BCUT2D eigenvalue weighted by Crippen LogP contribution is -2.62. The summed E-state index contributed by atoms with van der Waals surface area (Å²) in [4.78, 5) is 41.8. The van der Waals surface area contributed by atoms with Crippen molar-refractivity contribution in [3.05, 3.63) is 24.2 Å². The number of carbonyl (C=O) groups is 3. The molecule has 30 heavy (non-hydrogen) atoms. The van der Waals surface area contributed by atoms with Gasteiger partial charge < -0.3 is 9.32 Å². The average Bonchev–Trinajstić information content (AvgIpc) is 3.29. The Labute approximate surface area is 175 Å². The first-order valence-corrected chi connectivity index (χ1v) is 11.1. The van der Waals surface area contributed by atoms with Gasteiger partial charge in [0.1, 0.15) is 11.8 Å². The second-order valence-electron chi connectivity index (χ2n) is 9.75. The molecule has 4 amide bonds. The van der Waals surface area contributed by atoms with Crippen LogP contribution in [0.3, 0.4) is 0 Å². The van der Waals surface area contributed by atoms with Crippen LogP contribution in [0.1, 0.15) is 63.5 Å². The SMILES string of the molecule is O=C(CCCC1C(=O)N(C23CC4CC(CC(C4)C2)C3)C(=O)N1Cc1ccco1)NO. The number of hydrogen-bond acceptors (Lipinski definition) is 5.